The Morgan fingerprint density at radius 3 is 2.43 bits per heavy atom. The van der Waals surface area contributed by atoms with E-state index in [1.54, 1.807) is 18.2 Å². The summed E-state index contributed by atoms with van der Waals surface area (Å²) in [6, 6.07) is -0.00793. The molecule has 3 atom stereocenters. The summed E-state index contributed by atoms with van der Waals surface area (Å²) in [4.78, 5) is 0.274. The Morgan fingerprint density at radius 2 is 1.86 bits per heavy atom. The number of furan rings is 1. The van der Waals surface area contributed by atoms with Crippen LogP contribution in [0.25, 0.3) is 0 Å². The zero-order chi connectivity index (χ0) is 15.9. The molecular formula is C15H26N2O3S. The van der Waals surface area contributed by atoms with E-state index in [1.807, 2.05) is 6.92 Å². The minimum atomic E-state index is -3.57. The van der Waals surface area contributed by atoms with Crippen LogP contribution in [0.5, 0.6) is 0 Å². The second kappa shape index (κ2) is 5.74. The molecule has 21 heavy (non-hydrogen) atoms. The van der Waals surface area contributed by atoms with Crippen molar-refractivity contribution in [2.75, 3.05) is 6.54 Å². The minimum absolute atomic E-state index is 0.00793. The van der Waals surface area contributed by atoms with Crippen LogP contribution >= 0.6 is 0 Å². The topological polar surface area (TPSA) is 76.5 Å². The first-order chi connectivity index (χ1) is 9.70. The van der Waals surface area contributed by atoms with Crippen LogP contribution in [0.3, 0.4) is 0 Å². The number of nitrogens with two attached hydrogens (primary N) is 1. The van der Waals surface area contributed by atoms with Crippen molar-refractivity contribution < 1.29 is 12.8 Å². The molecule has 0 aliphatic carbocycles. The van der Waals surface area contributed by atoms with E-state index in [-0.39, 0.29) is 17.5 Å². The number of hydrogen-bond acceptors (Lipinski definition) is 4. The maximum Gasteiger partial charge on any atom is 0.247 e. The van der Waals surface area contributed by atoms with Crippen molar-refractivity contribution in [3.63, 3.8) is 0 Å². The van der Waals surface area contributed by atoms with Crippen molar-refractivity contribution in [3.8, 4) is 0 Å². The first-order valence-corrected chi connectivity index (χ1v) is 8.94. The van der Waals surface area contributed by atoms with Crippen LogP contribution < -0.4 is 5.73 Å². The third kappa shape index (κ3) is 2.76. The molecule has 3 unspecified atom stereocenters. The molecule has 0 saturated carbocycles. The summed E-state index contributed by atoms with van der Waals surface area (Å²) in [7, 11) is -3.57. The highest BCUT2D eigenvalue weighted by molar-refractivity contribution is 7.89. The predicted octanol–water partition coefficient (Wildman–Crippen LogP) is 2.41. The Labute approximate surface area is 127 Å². The quantitative estimate of drug-likeness (QED) is 0.929. The highest BCUT2D eigenvalue weighted by Crippen LogP contribution is 2.35. The number of nitrogens with zero attached hydrogens (tertiary/aromatic N) is 1. The molecule has 0 amide bonds. The summed E-state index contributed by atoms with van der Waals surface area (Å²) in [6.45, 7) is 10.4. The van der Waals surface area contributed by atoms with Gasteiger partial charge in [-0.05, 0) is 39.0 Å². The highest BCUT2D eigenvalue weighted by atomic mass is 32.2. The lowest BCUT2D eigenvalue weighted by Crippen LogP contribution is -2.48. The van der Waals surface area contributed by atoms with E-state index in [4.69, 9.17) is 10.2 Å². The highest BCUT2D eigenvalue weighted by Gasteiger charge is 2.40. The summed E-state index contributed by atoms with van der Waals surface area (Å²) in [6.07, 6.45) is 1.06. The van der Waals surface area contributed by atoms with E-state index in [0.29, 0.717) is 35.5 Å². The Hall–Kier alpha value is -0.850. The lowest BCUT2D eigenvalue weighted by atomic mass is 9.88. The Bertz CT molecular complexity index is 621. The van der Waals surface area contributed by atoms with Gasteiger partial charge in [-0.25, -0.2) is 8.42 Å². The fourth-order valence-corrected chi connectivity index (χ4v) is 5.66. The molecule has 0 bridgehead atoms. The first kappa shape index (κ1) is 16.5. The normalized spacial score (nSPS) is 28.0. The van der Waals surface area contributed by atoms with E-state index >= 15 is 0 Å². The first-order valence-electron chi connectivity index (χ1n) is 7.50. The summed E-state index contributed by atoms with van der Waals surface area (Å²) in [5.41, 5.74) is 6.34. The molecule has 1 fully saturated rings. The smallest absolute Gasteiger partial charge is 0.247 e. The molecule has 6 heteroatoms. The molecule has 1 aliphatic heterocycles. The molecule has 0 spiro atoms. The SMILES string of the molecule is Cc1oc(C)c(S(=O)(=O)N2CC(C)CC(C)C2C)c1CN. The summed E-state index contributed by atoms with van der Waals surface area (Å²) in [5, 5.41) is 0. The zero-order valence-corrected chi connectivity index (χ0v) is 14.3. The molecule has 1 aromatic rings. The van der Waals surface area contributed by atoms with Gasteiger partial charge in [0.25, 0.3) is 0 Å². The van der Waals surface area contributed by atoms with Crippen LogP contribution in [-0.4, -0.2) is 25.3 Å². The van der Waals surface area contributed by atoms with Crippen LogP contribution in [0, 0.1) is 25.7 Å². The third-order valence-electron chi connectivity index (χ3n) is 4.64. The van der Waals surface area contributed by atoms with Crippen LogP contribution in [-0.2, 0) is 16.6 Å². The van der Waals surface area contributed by atoms with E-state index in [1.165, 1.54) is 0 Å². The summed E-state index contributed by atoms with van der Waals surface area (Å²) >= 11 is 0. The van der Waals surface area contributed by atoms with Gasteiger partial charge in [0, 0.05) is 24.7 Å². The summed E-state index contributed by atoms with van der Waals surface area (Å²) < 4.78 is 33.4. The van der Waals surface area contributed by atoms with Crippen molar-refractivity contribution in [1.82, 2.24) is 4.31 Å². The number of hydrogen-bond donors (Lipinski definition) is 1. The average Bonchev–Trinajstić information content (AvgIpc) is 2.68. The third-order valence-corrected chi connectivity index (χ3v) is 6.79. The second-order valence-electron chi connectivity index (χ2n) is 6.36. The lowest BCUT2D eigenvalue weighted by molar-refractivity contribution is 0.157. The van der Waals surface area contributed by atoms with Crippen molar-refractivity contribution >= 4 is 10.0 Å². The van der Waals surface area contributed by atoms with Gasteiger partial charge in [-0.15, -0.1) is 0 Å². The fourth-order valence-electron chi connectivity index (χ4n) is 3.38. The van der Waals surface area contributed by atoms with Crippen molar-refractivity contribution in [2.45, 2.75) is 58.5 Å². The largest absolute Gasteiger partial charge is 0.465 e. The molecule has 1 saturated heterocycles. The minimum Gasteiger partial charge on any atom is -0.465 e. The van der Waals surface area contributed by atoms with Crippen molar-refractivity contribution in [2.24, 2.45) is 17.6 Å². The predicted molar refractivity (Wildman–Crippen MR) is 82.4 cm³/mol. The zero-order valence-electron chi connectivity index (χ0n) is 13.5. The lowest BCUT2D eigenvalue weighted by Gasteiger charge is -2.40. The molecule has 1 aromatic heterocycles. The van der Waals surface area contributed by atoms with Gasteiger partial charge < -0.3 is 10.2 Å². The number of aryl methyl sites for hydroxylation is 2. The number of rotatable bonds is 3. The van der Waals surface area contributed by atoms with Crippen molar-refractivity contribution in [3.05, 3.63) is 17.1 Å². The number of piperidine rings is 1. The number of sulfonamides is 1. The Balaban J connectivity index is 2.52. The van der Waals surface area contributed by atoms with Gasteiger partial charge in [0.1, 0.15) is 16.4 Å². The van der Waals surface area contributed by atoms with E-state index in [2.05, 4.69) is 13.8 Å². The van der Waals surface area contributed by atoms with Crippen molar-refractivity contribution in [1.29, 1.82) is 0 Å². The maximum absolute atomic E-state index is 13.1. The monoisotopic (exact) mass is 314 g/mol. The second-order valence-corrected chi connectivity index (χ2v) is 8.19. The molecular weight excluding hydrogens is 288 g/mol. The standard InChI is InChI=1S/C15H26N2O3S/c1-9-6-10(2)11(3)17(8-9)21(18,19)15-13(5)20-12(4)14(15)7-16/h9-11H,6-8,16H2,1-5H3. The van der Waals surface area contributed by atoms with Gasteiger partial charge in [-0.2, -0.15) is 4.31 Å². The fraction of sp³-hybridized carbons (Fsp3) is 0.733. The van der Waals surface area contributed by atoms with Crippen LogP contribution in [0.15, 0.2) is 9.31 Å². The molecule has 5 nitrogen and oxygen atoms in total. The van der Waals surface area contributed by atoms with Crippen LogP contribution in [0.1, 0.15) is 44.3 Å². The molecule has 1 aliphatic rings. The molecule has 2 rings (SSSR count). The maximum atomic E-state index is 13.1. The molecule has 0 aromatic carbocycles. The summed E-state index contributed by atoms with van der Waals surface area (Å²) in [5.74, 6) is 1.74. The van der Waals surface area contributed by atoms with E-state index in [0.717, 1.165) is 6.42 Å². The van der Waals surface area contributed by atoms with Crippen LogP contribution in [0.4, 0.5) is 0 Å². The van der Waals surface area contributed by atoms with E-state index in [9.17, 15) is 8.42 Å². The van der Waals surface area contributed by atoms with Crippen LogP contribution in [0.2, 0.25) is 0 Å². The van der Waals surface area contributed by atoms with Gasteiger partial charge in [0.2, 0.25) is 10.0 Å². The molecule has 0 radical (unpaired) electrons. The van der Waals surface area contributed by atoms with Gasteiger partial charge in [0.15, 0.2) is 0 Å². The van der Waals surface area contributed by atoms with E-state index < -0.39 is 10.0 Å². The Morgan fingerprint density at radius 1 is 1.24 bits per heavy atom. The van der Waals surface area contributed by atoms with Gasteiger partial charge in [-0.3, -0.25) is 0 Å². The molecule has 2 heterocycles. The van der Waals surface area contributed by atoms with Gasteiger partial charge in [0.05, 0.1) is 0 Å². The molecule has 2 N–H and O–H groups in total. The Kier molecular flexibility index (Phi) is 4.52. The molecule has 120 valence electrons. The average molecular weight is 314 g/mol. The van der Waals surface area contributed by atoms with Gasteiger partial charge in [-0.1, -0.05) is 13.8 Å². The van der Waals surface area contributed by atoms with Gasteiger partial charge >= 0.3 is 0 Å².